The molecule has 3 rings (SSSR count). The highest BCUT2D eigenvalue weighted by Crippen LogP contribution is 2.37. The Bertz CT molecular complexity index is 683. The van der Waals surface area contributed by atoms with Gasteiger partial charge in [-0.05, 0) is 26.3 Å². The molecule has 1 aromatic heterocycles. The lowest BCUT2D eigenvalue weighted by atomic mass is 10.0. The molecule has 2 aromatic rings. The Balaban J connectivity index is 1.97. The van der Waals surface area contributed by atoms with Gasteiger partial charge in [0.15, 0.2) is 0 Å². The van der Waals surface area contributed by atoms with Crippen molar-refractivity contribution < 1.29 is 9.53 Å². The Morgan fingerprint density at radius 3 is 2.73 bits per heavy atom. The van der Waals surface area contributed by atoms with Crippen molar-refractivity contribution in [3.8, 4) is 0 Å². The highest BCUT2D eigenvalue weighted by molar-refractivity contribution is 8.00. The lowest BCUT2D eigenvalue weighted by Gasteiger charge is -2.32. The SMILES string of the molecule is CCOC(=O)[C@@H]1Sc2nnc(C)n2N[C@H]1c1ccc(C)cc1. The number of thioether (sulfide) groups is 1. The number of nitrogens with one attached hydrogen (secondary N) is 1. The quantitative estimate of drug-likeness (QED) is 0.875. The summed E-state index contributed by atoms with van der Waals surface area (Å²) < 4.78 is 7.05. The minimum atomic E-state index is -0.390. The highest BCUT2D eigenvalue weighted by Gasteiger charge is 2.38. The number of fused-ring (bicyclic) bond motifs is 1. The van der Waals surface area contributed by atoms with Gasteiger partial charge in [0, 0.05) is 0 Å². The van der Waals surface area contributed by atoms with Crippen LogP contribution < -0.4 is 5.43 Å². The van der Waals surface area contributed by atoms with Crippen LogP contribution in [0.1, 0.15) is 29.9 Å². The molecule has 2 atom stereocenters. The van der Waals surface area contributed by atoms with E-state index in [1.807, 2.05) is 49.7 Å². The van der Waals surface area contributed by atoms with Crippen LogP contribution in [0.3, 0.4) is 0 Å². The fourth-order valence-corrected chi connectivity index (χ4v) is 3.51. The molecule has 2 heterocycles. The fraction of sp³-hybridized carbons (Fsp3) is 0.400. The molecule has 0 fully saturated rings. The summed E-state index contributed by atoms with van der Waals surface area (Å²) in [5, 5.41) is 8.44. The number of esters is 1. The van der Waals surface area contributed by atoms with E-state index in [1.54, 1.807) is 0 Å². The topological polar surface area (TPSA) is 69.0 Å². The third-order valence-electron chi connectivity index (χ3n) is 3.55. The van der Waals surface area contributed by atoms with Gasteiger partial charge in [-0.1, -0.05) is 41.6 Å². The maximum absolute atomic E-state index is 12.3. The maximum Gasteiger partial charge on any atom is 0.322 e. The molecule has 0 unspecified atom stereocenters. The van der Waals surface area contributed by atoms with Crippen molar-refractivity contribution in [2.75, 3.05) is 12.0 Å². The van der Waals surface area contributed by atoms with Gasteiger partial charge in [-0.25, -0.2) is 4.68 Å². The van der Waals surface area contributed by atoms with Crippen LogP contribution in [0.15, 0.2) is 29.4 Å². The number of rotatable bonds is 3. The molecule has 7 heteroatoms. The lowest BCUT2D eigenvalue weighted by Crippen LogP contribution is -2.39. The zero-order valence-corrected chi connectivity index (χ0v) is 13.6. The first-order valence-electron chi connectivity index (χ1n) is 7.18. The van der Waals surface area contributed by atoms with E-state index in [0.717, 1.165) is 11.4 Å². The molecule has 0 spiro atoms. The zero-order chi connectivity index (χ0) is 15.7. The van der Waals surface area contributed by atoms with Crippen molar-refractivity contribution in [3.05, 3.63) is 41.2 Å². The van der Waals surface area contributed by atoms with Crippen molar-refractivity contribution in [3.63, 3.8) is 0 Å². The van der Waals surface area contributed by atoms with Gasteiger partial charge < -0.3 is 10.2 Å². The number of hydrogen-bond acceptors (Lipinski definition) is 6. The van der Waals surface area contributed by atoms with E-state index in [4.69, 9.17) is 4.74 Å². The van der Waals surface area contributed by atoms with Crippen molar-refractivity contribution in [2.45, 2.75) is 37.2 Å². The Morgan fingerprint density at radius 1 is 1.32 bits per heavy atom. The Kier molecular flexibility index (Phi) is 4.06. The van der Waals surface area contributed by atoms with Crippen LogP contribution in [-0.2, 0) is 9.53 Å². The van der Waals surface area contributed by atoms with Gasteiger partial charge in [-0.3, -0.25) is 4.79 Å². The number of benzene rings is 1. The molecule has 0 bridgehead atoms. The largest absolute Gasteiger partial charge is 0.465 e. The summed E-state index contributed by atoms with van der Waals surface area (Å²) in [6.07, 6.45) is 0. The van der Waals surface area contributed by atoms with E-state index in [2.05, 4.69) is 15.6 Å². The number of aromatic nitrogens is 3. The summed E-state index contributed by atoms with van der Waals surface area (Å²) in [6, 6.07) is 7.96. The Labute approximate surface area is 133 Å². The van der Waals surface area contributed by atoms with Crippen molar-refractivity contribution in [1.82, 2.24) is 14.9 Å². The molecule has 0 radical (unpaired) electrons. The van der Waals surface area contributed by atoms with Gasteiger partial charge in [0.25, 0.3) is 0 Å². The summed E-state index contributed by atoms with van der Waals surface area (Å²) in [7, 11) is 0. The number of nitrogens with zero attached hydrogens (tertiary/aromatic N) is 3. The average molecular weight is 318 g/mol. The molecule has 0 aliphatic carbocycles. The van der Waals surface area contributed by atoms with Crippen LogP contribution in [0.5, 0.6) is 0 Å². The number of carbonyl (C=O) groups excluding carboxylic acids is 1. The normalized spacial score (nSPS) is 20.1. The molecule has 1 N–H and O–H groups in total. The van der Waals surface area contributed by atoms with E-state index < -0.39 is 5.25 Å². The second-order valence-electron chi connectivity index (χ2n) is 5.17. The van der Waals surface area contributed by atoms with Crippen LogP contribution in [0, 0.1) is 13.8 Å². The van der Waals surface area contributed by atoms with E-state index in [0.29, 0.717) is 11.8 Å². The molecule has 0 saturated carbocycles. The van der Waals surface area contributed by atoms with Gasteiger partial charge in [0.2, 0.25) is 5.16 Å². The minimum absolute atomic E-state index is 0.188. The minimum Gasteiger partial charge on any atom is -0.465 e. The predicted octanol–water partition coefficient (Wildman–Crippen LogP) is 2.22. The van der Waals surface area contributed by atoms with Crippen LogP contribution in [0.4, 0.5) is 0 Å². The summed E-state index contributed by atoms with van der Waals surface area (Å²) in [4.78, 5) is 12.3. The third kappa shape index (κ3) is 2.68. The highest BCUT2D eigenvalue weighted by atomic mass is 32.2. The van der Waals surface area contributed by atoms with E-state index in [-0.39, 0.29) is 12.0 Å². The Hall–Kier alpha value is -2.02. The maximum atomic E-state index is 12.3. The number of hydrogen-bond donors (Lipinski definition) is 1. The van der Waals surface area contributed by atoms with Crippen molar-refractivity contribution in [2.24, 2.45) is 0 Å². The van der Waals surface area contributed by atoms with Gasteiger partial charge in [0.1, 0.15) is 11.1 Å². The summed E-state index contributed by atoms with van der Waals surface area (Å²) in [5.41, 5.74) is 5.56. The molecule has 1 aliphatic heterocycles. The van der Waals surface area contributed by atoms with Crippen LogP contribution in [0.2, 0.25) is 0 Å². The Morgan fingerprint density at radius 2 is 2.05 bits per heavy atom. The van der Waals surface area contributed by atoms with E-state index in [9.17, 15) is 4.79 Å². The monoisotopic (exact) mass is 318 g/mol. The van der Waals surface area contributed by atoms with Crippen LogP contribution in [0.25, 0.3) is 0 Å². The standard InChI is InChI=1S/C15H18N4O2S/c1-4-21-14(20)13-12(11-7-5-9(2)6-8-11)18-19-10(3)16-17-15(19)22-13/h5-8,12-13,18H,4H2,1-3H3/t12-,13+/m0/s1. The molecule has 0 amide bonds. The zero-order valence-electron chi connectivity index (χ0n) is 12.7. The summed E-state index contributed by atoms with van der Waals surface area (Å²) in [5.74, 6) is 0.527. The summed E-state index contributed by atoms with van der Waals surface area (Å²) >= 11 is 1.39. The molecule has 1 aromatic carbocycles. The number of carbonyl (C=O) groups is 1. The number of aryl methyl sites for hydroxylation is 2. The van der Waals surface area contributed by atoms with Gasteiger partial charge in [-0.15, -0.1) is 10.2 Å². The van der Waals surface area contributed by atoms with Gasteiger partial charge >= 0.3 is 5.97 Å². The fourth-order valence-electron chi connectivity index (χ4n) is 2.39. The second-order valence-corrected chi connectivity index (χ2v) is 6.28. The molecule has 22 heavy (non-hydrogen) atoms. The first-order chi connectivity index (χ1) is 10.6. The molecular formula is C15H18N4O2S. The van der Waals surface area contributed by atoms with Crippen molar-refractivity contribution >= 4 is 17.7 Å². The smallest absolute Gasteiger partial charge is 0.322 e. The van der Waals surface area contributed by atoms with Gasteiger partial charge in [-0.2, -0.15) is 0 Å². The molecule has 1 aliphatic rings. The predicted molar refractivity (Wildman–Crippen MR) is 84.3 cm³/mol. The molecule has 6 nitrogen and oxygen atoms in total. The van der Waals surface area contributed by atoms with Crippen LogP contribution >= 0.6 is 11.8 Å². The second kappa shape index (κ2) is 6.00. The average Bonchev–Trinajstić information content (AvgIpc) is 2.88. The van der Waals surface area contributed by atoms with Gasteiger partial charge in [0.05, 0.1) is 12.6 Å². The number of ether oxygens (including phenoxy) is 1. The van der Waals surface area contributed by atoms with Crippen LogP contribution in [-0.4, -0.2) is 32.7 Å². The van der Waals surface area contributed by atoms with E-state index >= 15 is 0 Å². The lowest BCUT2D eigenvalue weighted by molar-refractivity contribution is -0.142. The molecule has 116 valence electrons. The molecule has 0 saturated heterocycles. The third-order valence-corrected chi connectivity index (χ3v) is 4.75. The summed E-state index contributed by atoms with van der Waals surface area (Å²) in [6.45, 7) is 6.09. The molecular weight excluding hydrogens is 300 g/mol. The first kappa shape index (κ1) is 14.9. The first-order valence-corrected chi connectivity index (χ1v) is 8.06. The van der Waals surface area contributed by atoms with E-state index in [1.165, 1.54) is 17.3 Å². The van der Waals surface area contributed by atoms with Crippen molar-refractivity contribution in [1.29, 1.82) is 0 Å².